The normalized spacial score (nSPS) is 20.3. The van der Waals surface area contributed by atoms with E-state index in [2.05, 4.69) is 6.08 Å². The monoisotopic (exact) mass is 354 g/mol. The highest BCUT2D eigenvalue weighted by Crippen LogP contribution is 2.48. The molecule has 0 radical (unpaired) electrons. The Morgan fingerprint density at radius 1 is 1.23 bits per heavy atom. The highest BCUT2D eigenvalue weighted by molar-refractivity contribution is 5.68. The van der Waals surface area contributed by atoms with Gasteiger partial charge >= 0.3 is 5.97 Å². The molecule has 2 aliphatic carbocycles. The van der Waals surface area contributed by atoms with Gasteiger partial charge in [0.2, 0.25) is 0 Å². The Hall–Kier alpha value is -2.03. The van der Waals surface area contributed by atoms with Crippen LogP contribution in [0.25, 0.3) is 0 Å². The summed E-state index contributed by atoms with van der Waals surface area (Å²) in [5.41, 5.74) is 3.04. The van der Waals surface area contributed by atoms with Crippen molar-refractivity contribution in [3.05, 3.63) is 53.6 Å². The van der Waals surface area contributed by atoms with Gasteiger partial charge in [0.15, 0.2) is 0 Å². The lowest BCUT2D eigenvalue weighted by Gasteiger charge is -2.32. The number of allylic oxidation sites excluding steroid dienone is 3. The third-order valence-corrected chi connectivity index (χ3v) is 6.02. The number of ether oxygens (including phenoxy) is 1. The van der Waals surface area contributed by atoms with Crippen LogP contribution < -0.4 is 4.74 Å². The second-order valence-corrected chi connectivity index (χ2v) is 7.86. The van der Waals surface area contributed by atoms with Gasteiger partial charge in [-0.25, -0.2) is 0 Å². The predicted octanol–water partition coefficient (Wildman–Crippen LogP) is 5.87. The predicted molar refractivity (Wildman–Crippen MR) is 105 cm³/mol. The van der Waals surface area contributed by atoms with E-state index < -0.39 is 5.97 Å². The standard InChI is InChI=1S/C23H30O3/c1-2-5-20(16-22(24)25)19-6-8-21(9-7-19)26-17-18-10-14-23(15-11-18)12-3-4-13-23/h2,5-10,20H,3-4,11-17H2,1H3,(H,24,25)/t20-/m0/s1. The van der Waals surface area contributed by atoms with Crippen LogP contribution >= 0.6 is 0 Å². The van der Waals surface area contributed by atoms with Gasteiger partial charge in [-0.1, -0.05) is 43.2 Å². The number of hydrogen-bond donors (Lipinski definition) is 1. The van der Waals surface area contributed by atoms with Gasteiger partial charge in [0, 0.05) is 5.92 Å². The summed E-state index contributed by atoms with van der Waals surface area (Å²) in [4.78, 5) is 11.0. The molecular weight excluding hydrogens is 324 g/mol. The van der Waals surface area contributed by atoms with Crippen molar-refractivity contribution in [2.75, 3.05) is 6.61 Å². The van der Waals surface area contributed by atoms with Crippen molar-refractivity contribution in [1.29, 1.82) is 0 Å². The highest BCUT2D eigenvalue weighted by atomic mass is 16.5. The second kappa shape index (κ2) is 8.57. The first-order valence-electron chi connectivity index (χ1n) is 9.85. The molecule has 3 heteroatoms. The summed E-state index contributed by atoms with van der Waals surface area (Å²) in [6.07, 6.45) is 15.7. The molecule has 0 aromatic heterocycles. The van der Waals surface area contributed by atoms with E-state index in [0.717, 1.165) is 11.3 Å². The molecule has 1 fully saturated rings. The lowest BCUT2D eigenvalue weighted by Crippen LogP contribution is -2.20. The number of carbonyl (C=O) groups is 1. The fraction of sp³-hybridized carbons (Fsp3) is 0.522. The first-order chi connectivity index (χ1) is 12.6. The minimum absolute atomic E-state index is 0.0878. The molecule has 1 aromatic carbocycles. The molecule has 1 saturated carbocycles. The number of benzene rings is 1. The van der Waals surface area contributed by atoms with Gasteiger partial charge in [-0.15, -0.1) is 0 Å². The Kier molecular flexibility index (Phi) is 6.18. The zero-order chi connectivity index (χ0) is 18.4. The van der Waals surface area contributed by atoms with Crippen LogP contribution in [0.1, 0.15) is 69.8 Å². The van der Waals surface area contributed by atoms with Crippen molar-refractivity contribution in [2.45, 2.75) is 64.2 Å². The van der Waals surface area contributed by atoms with Crippen LogP contribution in [-0.2, 0) is 4.79 Å². The van der Waals surface area contributed by atoms with Crippen LogP contribution in [0.4, 0.5) is 0 Å². The molecule has 0 heterocycles. The van der Waals surface area contributed by atoms with Crippen molar-refractivity contribution < 1.29 is 14.6 Å². The molecule has 3 nitrogen and oxygen atoms in total. The SMILES string of the molecule is CC=C[C@@H](CC(=O)O)c1ccc(OCC2=CCC3(CCCC3)CC2)cc1. The Labute approximate surface area is 156 Å². The van der Waals surface area contributed by atoms with Crippen LogP contribution in [0.2, 0.25) is 0 Å². The number of hydrogen-bond acceptors (Lipinski definition) is 2. The van der Waals surface area contributed by atoms with Gasteiger partial charge in [0.05, 0.1) is 6.42 Å². The zero-order valence-electron chi connectivity index (χ0n) is 15.7. The first-order valence-corrected chi connectivity index (χ1v) is 9.85. The van der Waals surface area contributed by atoms with Crippen molar-refractivity contribution in [3.8, 4) is 5.75 Å². The lowest BCUT2D eigenvalue weighted by molar-refractivity contribution is -0.137. The topological polar surface area (TPSA) is 46.5 Å². The summed E-state index contributed by atoms with van der Waals surface area (Å²) in [5.74, 6) is -0.0155. The van der Waals surface area contributed by atoms with E-state index >= 15 is 0 Å². The molecule has 2 aliphatic rings. The van der Waals surface area contributed by atoms with Gasteiger partial charge in [0.1, 0.15) is 12.4 Å². The quantitative estimate of drug-likeness (QED) is 0.623. The Bertz CT molecular complexity index is 663. The fourth-order valence-electron chi connectivity index (χ4n) is 4.41. The summed E-state index contributed by atoms with van der Waals surface area (Å²) in [6, 6.07) is 7.86. The van der Waals surface area contributed by atoms with E-state index in [9.17, 15) is 4.79 Å². The maximum Gasteiger partial charge on any atom is 0.304 e. The van der Waals surface area contributed by atoms with Crippen molar-refractivity contribution in [2.24, 2.45) is 5.41 Å². The number of carboxylic acids is 1. The number of aliphatic carboxylic acids is 1. The van der Waals surface area contributed by atoms with Gasteiger partial charge < -0.3 is 9.84 Å². The molecule has 0 aliphatic heterocycles. The summed E-state index contributed by atoms with van der Waals surface area (Å²) in [7, 11) is 0. The molecule has 0 unspecified atom stereocenters. The van der Waals surface area contributed by atoms with Crippen LogP contribution in [0.5, 0.6) is 5.75 Å². The smallest absolute Gasteiger partial charge is 0.304 e. The second-order valence-electron chi connectivity index (χ2n) is 7.86. The van der Waals surface area contributed by atoms with E-state index in [4.69, 9.17) is 9.84 Å². The third kappa shape index (κ3) is 4.78. The molecular formula is C23H30O3. The van der Waals surface area contributed by atoms with E-state index in [-0.39, 0.29) is 12.3 Å². The Morgan fingerprint density at radius 3 is 2.54 bits per heavy atom. The average molecular weight is 354 g/mol. The molecule has 26 heavy (non-hydrogen) atoms. The minimum Gasteiger partial charge on any atom is -0.489 e. The molecule has 3 rings (SSSR count). The summed E-state index contributed by atoms with van der Waals surface area (Å²) in [6.45, 7) is 2.59. The number of carboxylic acid groups (broad SMARTS) is 1. The first kappa shape index (κ1) is 18.8. The Morgan fingerprint density at radius 2 is 1.96 bits per heavy atom. The maximum atomic E-state index is 11.0. The largest absolute Gasteiger partial charge is 0.489 e. The lowest BCUT2D eigenvalue weighted by atomic mass is 9.74. The van der Waals surface area contributed by atoms with E-state index in [1.807, 2.05) is 43.3 Å². The van der Waals surface area contributed by atoms with Gasteiger partial charge in [-0.05, 0) is 67.7 Å². The molecule has 1 spiro atoms. The van der Waals surface area contributed by atoms with Gasteiger partial charge in [0.25, 0.3) is 0 Å². The molecule has 0 bridgehead atoms. The summed E-state index contributed by atoms with van der Waals surface area (Å²) in [5, 5.41) is 9.07. The molecule has 0 amide bonds. The van der Waals surface area contributed by atoms with Crippen molar-refractivity contribution in [3.63, 3.8) is 0 Å². The van der Waals surface area contributed by atoms with Gasteiger partial charge in [-0.3, -0.25) is 4.79 Å². The maximum absolute atomic E-state index is 11.0. The summed E-state index contributed by atoms with van der Waals surface area (Å²) >= 11 is 0. The molecule has 1 N–H and O–H groups in total. The molecule has 1 aromatic rings. The molecule has 1 atom stereocenters. The average Bonchev–Trinajstić information content (AvgIpc) is 3.09. The summed E-state index contributed by atoms with van der Waals surface area (Å²) < 4.78 is 5.97. The highest BCUT2D eigenvalue weighted by Gasteiger charge is 2.34. The number of rotatable bonds is 7. The third-order valence-electron chi connectivity index (χ3n) is 6.02. The van der Waals surface area contributed by atoms with Crippen LogP contribution in [0.3, 0.4) is 0 Å². The molecule has 140 valence electrons. The van der Waals surface area contributed by atoms with Crippen LogP contribution in [0, 0.1) is 5.41 Å². The van der Waals surface area contributed by atoms with E-state index in [1.165, 1.54) is 50.5 Å². The Balaban J connectivity index is 1.54. The fourth-order valence-corrected chi connectivity index (χ4v) is 4.41. The van der Waals surface area contributed by atoms with Crippen LogP contribution in [0.15, 0.2) is 48.1 Å². The minimum atomic E-state index is -0.780. The van der Waals surface area contributed by atoms with E-state index in [1.54, 1.807) is 0 Å². The zero-order valence-corrected chi connectivity index (χ0v) is 15.7. The van der Waals surface area contributed by atoms with Gasteiger partial charge in [-0.2, -0.15) is 0 Å². The van der Waals surface area contributed by atoms with Crippen LogP contribution in [-0.4, -0.2) is 17.7 Å². The molecule has 0 saturated heterocycles. The van der Waals surface area contributed by atoms with Crippen molar-refractivity contribution >= 4 is 5.97 Å². The van der Waals surface area contributed by atoms with E-state index in [0.29, 0.717) is 12.0 Å². The van der Waals surface area contributed by atoms with Crippen molar-refractivity contribution in [1.82, 2.24) is 0 Å².